The van der Waals surface area contributed by atoms with Crippen LogP contribution in [0.25, 0.3) is 6.08 Å². The molecule has 0 heterocycles. The van der Waals surface area contributed by atoms with E-state index in [-0.39, 0.29) is 11.0 Å². The molecule has 3 nitrogen and oxygen atoms in total. The molecule has 0 saturated carbocycles. The Morgan fingerprint density at radius 3 is 2.56 bits per heavy atom. The monoisotopic (exact) mass is 235 g/mol. The summed E-state index contributed by atoms with van der Waals surface area (Å²) >= 11 is 1.07. The summed E-state index contributed by atoms with van der Waals surface area (Å²) in [7, 11) is 1.58. The molecule has 2 N–H and O–H groups in total. The van der Waals surface area contributed by atoms with Crippen LogP contribution in [-0.4, -0.2) is 17.4 Å². The Hall–Kier alpha value is -1.68. The molecule has 0 saturated heterocycles. The van der Waals surface area contributed by atoms with Gasteiger partial charge in [0.15, 0.2) is 0 Å². The minimum absolute atomic E-state index is 0.134. The molecule has 0 aliphatic heterocycles. The van der Waals surface area contributed by atoms with Gasteiger partial charge in [-0.25, -0.2) is 0 Å². The van der Waals surface area contributed by atoms with Gasteiger partial charge in [0.25, 0.3) is 5.24 Å². The maximum absolute atomic E-state index is 11.1. The van der Waals surface area contributed by atoms with E-state index in [1.807, 2.05) is 6.08 Å². The summed E-state index contributed by atoms with van der Waals surface area (Å²) in [4.78, 5) is 11.9. The molecule has 0 bridgehead atoms. The molecule has 84 valence electrons. The highest BCUT2D eigenvalue weighted by Gasteiger charge is 2.01. The van der Waals surface area contributed by atoms with Crippen molar-refractivity contribution in [1.29, 1.82) is 0 Å². The number of benzene rings is 1. The summed E-state index contributed by atoms with van der Waals surface area (Å²) in [5.41, 5.74) is 0.907. The molecular formula is C12H13NO2S. The minimum Gasteiger partial charge on any atom is -0.508 e. The molecule has 0 aliphatic rings. The number of allylic oxidation sites excluding steroid dienone is 1. The first-order chi connectivity index (χ1) is 7.65. The highest BCUT2D eigenvalue weighted by atomic mass is 32.2. The first-order valence-electron chi connectivity index (χ1n) is 4.68. The topological polar surface area (TPSA) is 49.3 Å². The van der Waals surface area contributed by atoms with Crippen LogP contribution >= 0.6 is 11.8 Å². The summed E-state index contributed by atoms with van der Waals surface area (Å²) in [6.45, 7) is 3.64. The summed E-state index contributed by atoms with van der Waals surface area (Å²) in [5.74, 6) is 0.219. The Kier molecular flexibility index (Phi) is 4.66. The van der Waals surface area contributed by atoms with Crippen LogP contribution in [0.3, 0.4) is 0 Å². The molecule has 0 unspecified atom stereocenters. The maximum Gasteiger partial charge on any atom is 0.283 e. The summed E-state index contributed by atoms with van der Waals surface area (Å²) in [6, 6.07) is 6.72. The van der Waals surface area contributed by atoms with E-state index >= 15 is 0 Å². The van der Waals surface area contributed by atoms with Crippen molar-refractivity contribution in [1.82, 2.24) is 5.32 Å². The van der Waals surface area contributed by atoms with Gasteiger partial charge in [0.2, 0.25) is 0 Å². The zero-order chi connectivity index (χ0) is 12.0. The second-order valence-corrected chi connectivity index (χ2v) is 4.03. The van der Waals surface area contributed by atoms with Gasteiger partial charge in [0.1, 0.15) is 5.75 Å². The second-order valence-electron chi connectivity index (χ2n) is 2.98. The first kappa shape index (κ1) is 12.4. The number of hydrogen-bond acceptors (Lipinski definition) is 3. The van der Waals surface area contributed by atoms with Crippen molar-refractivity contribution < 1.29 is 9.90 Å². The predicted molar refractivity (Wildman–Crippen MR) is 68.3 cm³/mol. The van der Waals surface area contributed by atoms with Crippen LogP contribution in [0.2, 0.25) is 0 Å². The maximum atomic E-state index is 11.1. The molecular weight excluding hydrogens is 222 g/mol. The van der Waals surface area contributed by atoms with Crippen molar-refractivity contribution in [2.24, 2.45) is 0 Å². The molecule has 16 heavy (non-hydrogen) atoms. The molecule has 0 radical (unpaired) electrons. The van der Waals surface area contributed by atoms with Gasteiger partial charge in [-0.15, -0.1) is 0 Å². The number of carbonyl (C=O) groups is 1. The van der Waals surface area contributed by atoms with Crippen molar-refractivity contribution in [2.45, 2.75) is 0 Å². The van der Waals surface area contributed by atoms with E-state index < -0.39 is 0 Å². The molecule has 1 amide bonds. The van der Waals surface area contributed by atoms with Crippen LogP contribution in [0, 0.1) is 0 Å². The molecule has 0 spiro atoms. The van der Waals surface area contributed by atoms with E-state index in [2.05, 4.69) is 11.9 Å². The Morgan fingerprint density at radius 2 is 2.06 bits per heavy atom. The number of nitrogens with one attached hydrogen (secondary N) is 1. The summed E-state index contributed by atoms with van der Waals surface area (Å²) < 4.78 is 0. The number of thioether (sulfide) groups is 1. The third-order valence-corrected chi connectivity index (χ3v) is 2.73. The SMILES string of the molecule is C=C/C(=C/c1ccc(O)cc1)SC(=O)NC. The van der Waals surface area contributed by atoms with Crippen LogP contribution in [0.5, 0.6) is 5.75 Å². The molecule has 0 fully saturated rings. The molecule has 0 aromatic heterocycles. The van der Waals surface area contributed by atoms with E-state index in [1.54, 1.807) is 37.4 Å². The largest absolute Gasteiger partial charge is 0.508 e. The number of phenolic OH excluding ortho intramolecular Hbond substituents is 1. The van der Waals surface area contributed by atoms with Crippen molar-refractivity contribution >= 4 is 23.1 Å². The summed E-state index contributed by atoms with van der Waals surface area (Å²) in [5, 5.41) is 11.5. The van der Waals surface area contributed by atoms with Gasteiger partial charge in [-0.3, -0.25) is 4.79 Å². The van der Waals surface area contributed by atoms with E-state index in [0.29, 0.717) is 0 Å². The number of rotatable bonds is 3. The zero-order valence-electron chi connectivity index (χ0n) is 8.93. The van der Waals surface area contributed by atoms with Crippen molar-refractivity contribution in [3.05, 3.63) is 47.4 Å². The third-order valence-electron chi connectivity index (χ3n) is 1.82. The standard InChI is InChI=1S/C12H13NO2S/c1-3-11(16-12(15)13-2)8-9-4-6-10(14)7-5-9/h3-8,14H,1H2,2H3,(H,13,15)/b11-8-. The number of hydrogen-bond donors (Lipinski definition) is 2. The van der Waals surface area contributed by atoms with Gasteiger partial charge in [0, 0.05) is 12.0 Å². The Morgan fingerprint density at radius 1 is 1.44 bits per heavy atom. The average molecular weight is 235 g/mol. The van der Waals surface area contributed by atoms with Crippen LogP contribution in [0.4, 0.5) is 4.79 Å². The van der Waals surface area contributed by atoms with E-state index in [4.69, 9.17) is 5.11 Å². The fourth-order valence-electron chi connectivity index (χ4n) is 1.02. The number of phenols is 1. The van der Waals surface area contributed by atoms with Gasteiger partial charge in [0.05, 0.1) is 0 Å². The molecule has 1 rings (SSSR count). The van der Waals surface area contributed by atoms with Crippen LogP contribution in [0.1, 0.15) is 5.56 Å². The lowest BCUT2D eigenvalue weighted by molar-refractivity contribution is 0.262. The molecule has 0 aliphatic carbocycles. The lowest BCUT2D eigenvalue weighted by Crippen LogP contribution is -2.10. The van der Waals surface area contributed by atoms with Crippen LogP contribution in [0.15, 0.2) is 41.8 Å². The zero-order valence-corrected chi connectivity index (χ0v) is 9.75. The highest BCUT2D eigenvalue weighted by Crippen LogP contribution is 2.21. The fourth-order valence-corrected chi connectivity index (χ4v) is 1.62. The fraction of sp³-hybridized carbons (Fsp3) is 0.0833. The van der Waals surface area contributed by atoms with Gasteiger partial charge < -0.3 is 10.4 Å². The molecule has 0 atom stereocenters. The Balaban J connectivity index is 2.83. The number of amides is 1. The quantitative estimate of drug-likeness (QED) is 0.792. The van der Waals surface area contributed by atoms with Crippen molar-refractivity contribution in [2.75, 3.05) is 7.05 Å². The smallest absolute Gasteiger partial charge is 0.283 e. The van der Waals surface area contributed by atoms with E-state index in [0.717, 1.165) is 22.2 Å². The molecule has 1 aromatic carbocycles. The number of carbonyl (C=O) groups excluding carboxylic acids is 1. The predicted octanol–water partition coefficient (Wildman–Crippen LogP) is 2.99. The Labute approximate surface area is 98.9 Å². The normalized spacial score (nSPS) is 10.9. The van der Waals surface area contributed by atoms with Gasteiger partial charge in [-0.2, -0.15) is 0 Å². The van der Waals surface area contributed by atoms with Crippen LogP contribution < -0.4 is 5.32 Å². The van der Waals surface area contributed by atoms with Crippen LogP contribution in [-0.2, 0) is 0 Å². The van der Waals surface area contributed by atoms with Gasteiger partial charge >= 0.3 is 0 Å². The number of aromatic hydroxyl groups is 1. The molecule has 4 heteroatoms. The van der Waals surface area contributed by atoms with Crippen molar-refractivity contribution in [3.8, 4) is 5.75 Å². The second kappa shape index (κ2) is 6.02. The van der Waals surface area contributed by atoms with Crippen molar-refractivity contribution in [3.63, 3.8) is 0 Å². The van der Waals surface area contributed by atoms with E-state index in [9.17, 15) is 4.79 Å². The minimum atomic E-state index is -0.134. The molecule has 1 aromatic rings. The lowest BCUT2D eigenvalue weighted by atomic mass is 10.2. The third kappa shape index (κ3) is 3.82. The first-order valence-corrected chi connectivity index (χ1v) is 5.50. The van der Waals surface area contributed by atoms with Gasteiger partial charge in [-0.1, -0.05) is 24.8 Å². The van der Waals surface area contributed by atoms with E-state index in [1.165, 1.54) is 0 Å². The Bertz CT molecular complexity index is 410. The summed E-state index contributed by atoms with van der Waals surface area (Å²) in [6.07, 6.45) is 3.44. The average Bonchev–Trinajstić information content (AvgIpc) is 2.30. The van der Waals surface area contributed by atoms with Gasteiger partial charge in [-0.05, 0) is 35.5 Å². The highest BCUT2D eigenvalue weighted by molar-refractivity contribution is 8.17. The lowest BCUT2D eigenvalue weighted by Gasteiger charge is -2.01.